The maximum Gasteiger partial charge on any atom is 0.417 e. The first-order valence-corrected chi connectivity index (χ1v) is 10.1. The van der Waals surface area contributed by atoms with Crippen LogP contribution in [0.3, 0.4) is 0 Å². The van der Waals surface area contributed by atoms with Crippen LogP contribution in [-0.4, -0.2) is 66.5 Å². The van der Waals surface area contributed by atoms with Crippen LogP contribution in [0, 0.1) is 5.92 Å². The number of likely N-dealkylation sites (tertiary alicyclic amines) is 1. The molecule has 1 aromatic rings. The van der Waals surface area contributed by atoms with Crippen LogP contribution in [0.5, 0.6) is 0 Å². The minimum Gasteiger partial charge on any atom is -0.357 e. The van der Waals surface area contributed by atoms with Gasteiger partial charge in [0.15, 0.2) is 0 Å². The third-order valence-electron chi connectivity index (χ3n) is 6.00. The van der Waals surface area contributed by atoms with Gasteiger partial charge in [0.25, 0.3) is 0 Å². The molecular weight excluding hydrogens is 369 g/mol. The van der Waals surface area contributed by atoms with Crippen LogP contribution in [0.15, 0.2) is 18.3 Å². The van der Waals surface area contributed by atoms with E-state index in [2.05, 4.69) is 16.9 Å². The van der Waals surface area contributed by atoms with E-state index in [1.54, 1.807) is 0 Å². The predicted octanol–water partition coefficient (Wildman–Crippen LogP) is 3.26. The van der Waals surface area contributed by atoms with E-state index in [0.717, 1.165) is 44.7 Å². The van der Waals surface area contributed by atoms with Crippen molar-refractivity contribution < 1.29 is 18.0 Å². The molecule has 3 rings (SSSR count). The van der Waals surface area contributed by atoms with Gasteiger partial charge in [0.2, 0.25) is 5.91 Å². The molecule has 2 aliphatic rings. The average Bonchev–Trinajstić information content (AvgIpc) is 2.69. The van der Waals surface area contributed by atoms with Gasteiger partial charge in [-0.25, -0.2) is 4.98 Å². The zero-order valence-corrected chi connectivity index (χ0v) is 16.6. The Morgan fingerprint density at radius 1 is 1.14 bits per heavy atom. The second-order valence-electron chi connectivity index (χ2n) is 7.82. The van der Waals surface area contributed by atoms with Gasteiger partial charge in [0, 0.05) is 37.8 Å². The lowest BCUT2D eigenvalue weighted by Gasteiger charge is -2.40. The molecule has 1 amide bonds. The lowest BCUT2D eigenvalue weighted by Crippen LogP contribution is -2.50. The normalized spacial score (nSPS) is 20.4. The fraction of sp³-hybridized carbons (Fsp3) is 0.700. The van der Waals surface area contributed by atoms with Gasteiger partial charge in [-0.3, -0.25) is 4.79 Å². The van der Waals surface area contributed by atoms with E-state index in [1.165, 1.54) is 6.07 Å². The van der Waals surface area contributed by atoms with Crippen molar-refractivity contribution in [2.75, 3.05) is 44.7 Å². The molecule has 2 saturated heterocycles. The fourth-order valence-corrected chi connectivity index (χ4v) is 4.23. The molecule has 8 heteroatoms. The Labute approximate surface area is 164 Å². The molecule has 0 radical (unpaired) electrons. The summed E-state index contributed by atoms with van der Waals surface area (Å²) in [6, 6.07) is 2.81. The first kappa shape index (κ1) is 20.9. The number of hydrogen-bond acceptors (Lipinski definition) is 4. The monoisotopic (exact) mass is 398 g/mol. The number of alkyl halides is 3. The van der Waals surface area contributed by atoms with Crippen molar-refractivity contribution in [3.05, 3.63) is 23.9 Å². The highest BCUT2D eigenvalue weighted by Gasteiger charge is 2.34. The van der Waals surface area contributed by atoms with Gasteiger partial charge in [-0.15, -0.1) is 0 Å². The molecule has 0 spiro atoms. The number of amides is 1. The second-order valence-corrected chi connectivity index (χ2v) is 7.82. The third-order valence-corrected chi connectivity index (χ3v) is 6.00. The summed E-state index contributed by atoms with van der Waals surface area (Å²) in [5, 5.41) is 0. The Morgan fingerprint density at radius 2 is 1.79 bits per heavy atom. The summed E-state index contributed by atoms with van der Waals surface area (Å²) in [5.74, 6) is 0.768. The van der Waals surface area contributed by atoms with Crippen molar-refractivity contribution >= 4 is 11.7 Å². The Morgan fingerprint density at radius 3 is 2.29 bits per heavy atom. The van der Waals surface area contributed by atoms with Gasteiger partial charge in [0.05, 0.1) is 5.56 Å². The molecular formula is C20H29F3N4O. The van der Waals surface area contributed by atoms with Crippen molar-refractivity contribution in [3.8, 4) is 0 Å². The molecule has 0 bridgehead atoms. The number of carbonyl (C=O) groups is 1. The van der Waals surface area contributed by atoms with Crippen LogP contribution in [-0.2, 0) is 11.0 Å². The zero-order chi connectivity index (χ0) is 20.3. The van der Waals surface area contributed by atoms with E-state index < -0.39 is 11.7 Å². The van der Waals surface area contributed by atoms with E-state index in [1.807, 2.05) is 16.7 Å². The van der Waals surface area contributed by atoms with Crippen LogP contribution in [0.1, 0.15) is 38.2 Å². The number of piperidine rings is 2. The number of pyridine rings is 1. The summed E-state index contributed by atoms with van der Waals surface area (Å²) in [7, 11) is 2.11. The highest BCUT2D eigenvalue weighted by atomic mass is 19.4. The standard InChI is InChI=1S/C20H29F3N4O/c1-3-27(17-8-10-25(2)11-9-17)19(28)15-6-12-26(13-7-15)18-5-4-16(14-24-18)20(21,22)23/h4-5,14-15,17H,3,6-13H2,1-2H3. The van der Waals surface area contributed by atoms with E-state index in [9.17, 15) is 18.0 Å². The summed E-state index contributed by atoms with van der Waals surface area (Å²) < 4.78 is 38.1. The van der Waals surface area contributed by atoms with Crippen molar-refractivity contribution in [1.82, 2.24) is 14.8 Å². The Bertz CT molecular complexity index is 648. The molecule has 0 atom stereocenters. The van der Waals surface area contributed by atoms with E-state index >= 15 is 0 Å². The highest BCUT2D eigenvalue weighted by molar-refractivity contribution is 5.79. The SMILES string of the molecule is CCN(C(=O)C1CCN(c2ccc(C(F)(F)F)cn2)CC1)C1CCN(C)CC1. The minimum atomic E-state index is -4.37. The number of hydrogen-bond donors (Lipinski definition) is 0. The fourth-order valence-electron chi connectivity index (χ4n) is 4.23. The summed E-state index contributed by atoms with van der Waals surface area (Å²) >= 11 is 0. The molecule has 3 heterocycles. The number of aromatic nitrogens is 1. The van der Waals surface area contributed by atoms with Crippen molar-refractivity contribution in [3.63, 3.8) is 0 Å². The zero-order valence-electron chi connectivity index (χ0n) is 16.6. The lowest BCUT2D eigenvalue weighted by atomic mass is 9.93. The van der Waals surface area contributed by atoms with Gasteiger partial charge in [-0.1, -0.05) is 0 Å². The lowest BCUT2D eigenvalue weighted by molar-refractivity contribution is -0.139. The Kier molecular flexibility index (Phi) is 6.47. The Balaban J connectivity index is 1.56. The summed E-state index contributed by atoms with van der Waals surface area (Å²) in [5.41, 5.74) is -0.738. The molecule has 5 nitrogen and oxygen atoms in total. The largest absolute Gasteiger partial charge is 0.417 e. The molecule has 28 heavy (non-hydrogen) atoms. The number of rotatable bonds is 4. The van der Waals surface area contributed by atoms with E-state index in [0.29, 0.717) is 37.8 Å². The maximum atomic E-state index is 13.1. The number of nitrogens with zero attached hydrogens (tertiary/aromatic N) is 4. The molecule has 2 fully saturated rings. The molecule has 0 aliphatic carbocycles. The van der Waals surface area contributed by atoms with Gasteiger partial charge in [0.1, 0.15) is 5.82 Å². The third kappa shape index (κ3) is 4.77. The van der Waals surface area contributed by atoms with Crippen molar-refractivity contribution in [2.24, 2.45) is 5.92 Å². The second kappa shape index (κ2) is 8.68. The highest BCUT2D eigenvalue weighted by Crippen LogP contribution is 2.30. The van der Waals surface area contributed by atoms with Gasteiger partial charge < -0.3 is 14.7 Å². The van der Waals surface area contributed by atoms with Crippen LogP contribution in [0.25, 0.3) is 0 Å². The molecule has 0 N–H and O–H groups in total. The predicted molar refractivity (Wildman–Crippen MR) is 102 cm³/mol. The molecule has 0 saturated carbocycles. The number of halogens is 3. The van der Waals surface area contributed by atoms with E-state index in [4.69, 9.17) is 0 Å². The van der Waals surface area contributed by atoms with Gasteiger partial charge >= 0.3 is 6.18 Å². The van der Waals surface area contributed by atoms with Crippen LogP contribution in [0.2, 0.25) is 0 Å². The number of carbonyl (C=O) groups excluding carboxylic acids is 1. The van der Waals surface area contributed by atoms with Crippen LogP contribution in [0.4, 0.5) is 19.0 Å². The van der Waals surface area contributed by atoms with Gasteiger partial charge in [-0.05, 0) is 64.9 Å². The molecule has 0 aromatic carbocycles. The van der Waals surface area contributed by atoms with Crippen molar-refractivity contribution in [2.45, 2.75) is 44.8 Å². The number of anilines is 1. The average molecular weight is 398 g/mol. The topological polar surface area (TPSA) is 39.7 Å². The molecule has 2 aliphatic heterocycles. The van der Waals surface area contributed by atoms with Gasteiger partial charge in [-0.2, -0.15) is 13.2 Å². The summed E-state index contributed by atoms with van der Waals surface area (Å²) in [6.07, 6.45) is -0.0297. The maximum absolute atomic E-state index is 13.1. The smallest absolute Gasteiger partial charge is 0.357 e. The quantitative estimate of drug-likeness (QED) is 0.781. The van der Waals surface area contributed by atoms with Crippen LogP contribution >= 0.6 is 0 Å². The van der Waals surface area contributed by atoms with Crippen LogP contribution < -0.4 is 4.90 Å². The minimum absolute atomic E-state index is 0.00898. The first-order chi connectivity index (χ1) is 13.3. The summed E-state index contributed by atoms with van der Waals surface area (Å²) in [4.78, 5) is 23.3. The van der Waals surface area contributed by atoms with Crippen molar-refractivity contribution in [1.29, 1.82) is 0 Å². The summed E-state index contributed by atoms with van der Waals surface area (Å²) in [6.45, 7) is 6.09. The molecule has 1 aromatic heterocycles. The molecule has 0 unspecified atom stereocenters. The Hall–Kier alpha value is -1.83. The first-order valence-electron chi connectivity index (χ1n) is 10.1. The molecule has 156 valence electrons. The van der Waals surface area contributed by atoms with E-state index in [-0.39, 0.29) is 11.8 Å².